The first kappa shape index (κ1) is 14.6. The third-order valence-corrected chi connectivity index (χ3v) is 3.20. The summed E-state index contributed by atoms with van der Waals surface area (Å²) in [7, 11) is 0. The minimum Gasteiger partial charge on any atom is -0.444 e. The second-order valence-electron chi connectivity index (χ2n) is 6.05. The Kier molecular flexibility index (Phi) is 3.62. The summed E-state index contributed by atoms with van der Waals surface area (Å²) >= 11 is 0. The number of carbonyl (C=O) groups is 1. The number of nitrogens with zero attached hydrogens (tertiary/aromatic N) is 2. The van der Waals surface area contributed by atoms with Crippen LogP contribution in [0.3, 0.4) is 0 Å². The molecule has 2 N–H and O–H groups in total. The highest BCUT2D eigenvalue weighted by Crippen LogP contribution is 2.37. The average molecular weight is 285 g/mol. The van der Waals surface area contributed by atoms with E-state index in [1.165, 1.54) is 11.0 Å². The normalized spacial score (nSPS) is 18.9. The fourth-order valence-corrected chi connectivity index (χ4v) is 2.13. The summed E-state index contributed by atoms with van der Waals surface area (Å²) in [5.74, 6) is 0.0894. The second kappa shape index (κ2) is 4.96. The summed E-state index contributed by atoms with van der Waals surface area (Å²) in [6, 6.07) is 1.39. The monoisotopic (exact) mass is 285 g/mol. The lowest BCUT2D eigenvalue weighted by atomic mass is 9.90. The van der Waals surface area contributed by atoms with Crippen molar-refractivity contribution in [3.63, 3.8) is 0 Å². The van der Waals surface area contributed by atoms with Gasteiger partial charge in [0.1, 0.15) is 11.3 Å². The number of amides is 1. The fourth-order valence-electron chi connectivity index (χ4n) is 2.13. The van der Waals surface area contributed by atoms with Gasteiger partial charge in [-0.15, -0.1) is 0 Å². The van der Waals surface area contributed by atoms with E-state index in [1.807, 2.05) is 0 Å². The van der Waals surface area contributed by atoms with Crippen molar-refractivity contribution >= 4 is 12.0 Å². The molecular formula is C13H20FN3O3. The van der Waals surface area contributed by atoms with Crippen molar-refractivity contribution in [2.45, 2.75) is 44.9 Å². The van der Waals surface area contributed by atoms with Crippen LogP contribution >= 0.6 is 0 Å². The first-order valence-corrected chi connectivity index (χ1v) is 6.59. The number of nitrogens with two attached hydrogens (primary N) is 1. The Balaban J connectivity index is 1.97. The van der Waals surface area contributed by atoms with Crippen LogP contribution in [-0.2, 0) is 10.4 Å². The van der Waals surface area contributed by atoms with Gasteiger partial charge in [0.25, 0.3) is 0 Å². The quantitative estimate of drug-likeness (QED) is 0.857. The molecule has 1 fully saturated rings. The first-order valence-electron chi connectivity index (χ1n) is 6.59. The van der Waals surface area contributed by atoms with E-state index in [-0.39, 0.29) is 37.5 Å². The van der Waals surface area contributed by atoms with E-state index in [9.17, 15) is 9.18 Å². The number of aromatic nitrogens is 1. The predicted octanol–water partition coefficient (Wildman–Crippen LogP) is 2.45. The van der Waals surface area contributed by atoms with Crippen LogP contribution in [0.5, 0.6) is 0 Å². The van der Waals surface area contributed by atoms with Gasteiger partial charge >= 0.3 is 6.09 Å². The average Bonchev–Trinajstić information content (AvgIpc) is 2.75. The van der Waals surface area contributed by atoms with Crippen molar-refractivity contribution in [3.8, 4) is 0 Å². The molecule has 20 heavy (non-hydrogen) atoms. The highest BCUT2D eigenvalue weighted by Gasteiger charge is 2.41. The van der Waals surface area contributed by atoms with Gasteiger partial charge in [0.2, 0.25) is 5.88 Å². The lowest BCUT2D eigenvalue weighted by molar-refractivity contribution is 0.000676. The molecule has 0 aliphatic carbocycles. The van der Waals surface area contributed by atoms with Gasteiger partial charge in [-0.3, -0.25) is 0 Å². The van der Waals surface area contributed by atoms with Crippen molar-refractivity contribution in [1.82, 2.24) is 10.1 Å². The van der Waals surface area contributed by atoms with Gasteiger partial charge < -0.3 is 19.9 Å². The molecule has 6 nitrogen and oxygen atoms in total. The highest BCUT2D eigenvalue weighted by atomic mass is 19.1. The number of halogens is 1. The second-order valence-corrected chi connectivity index (χ2v) is 6.05. The minimum atomic E-state index is -1.60. The molecule has 0 saturated carbocycles. The SMILES string of the molecule is CC(C)(C)OC(=O)N1CCC(F)(c2cc(N)on2)CC1. The molecule has 7 heteroatoms. The van der Waals surface area contributed by atoms with E-state index in [2.05, 4.69) is 5.16 Å². The van der Waals surface area contributed by atoms with Gasteiger partial charge in [-0.1, -0.05) is 5.16 Å². The van der Waals surface area contributed by atoms with Crippen LogP contribution in [0.2, 0.25) is 0 Å². The van der Waals surface area contributed by atoms with Crippen LogP contribution < -0.4 is 5.73 Å². The van der Waals surface area contributed by atoms with Gasteiger partial charge in [0.15, 0.2) is 5.67 Å². The molecule has 0 radical (unpaired) electrons. The number of likely N-dealkylation sites (tertiary alicyclic amines) is 1. The molecule has 2 heterocycles. The molecule has 2 rings (SSSR count). The smallest absolute Gasteiger partial charge is 0.410 e. The number of rotatable bonds is 1. The summed E-state index contributed by atoms with van der Waals surface area (Å²) in [5, 5.41) is 3.63. The molecule has 1 amide bonds. The summed E-state index contributed by atoms with van der Waals surface area (Å²) < 4.78 is 24.7. The largest absolute Gasteiger partial charge is 0.444 e. The molecule has 0 unspecified atom stereocenters. The molecule has 1 aliphatic heterocycles. The van der Waals surface area contributed by atoms with E-state index in [0.717, 1.165) is 0 Å². The zero-order valence-electron chi connectivity index (χ0n) is 12.0. The molecule has 1 aromatic rings. The Labute approximate surface area is 117 Å². The van der Waals surface area contributed by atoms with Crippen molar-refractivity contribution in [3.05, 3.63) is 11.8 Å². The van der Waals surface area contributed by atoms with Crippen molar-refractivity contribution < 1.29 is 18.4 Å². The number of anilines is 1. The van der Waals surface area contributed by atoms with E-state index in [4.69, 9.17) is 15.0 Å². The Morgan fingerprint density at radius 3 is 2.55 bits per heavy atom. The van der Waals surface area contributed by atoms with Crippen LogP contribution in [-0.4, -0.2) is 34.8 Å². The number of piperidine rings is 1. The number of alkyl halides is 1. The van der Waals surface area contributed by atoms with E-state index in [0.29, 0.717) is 0 Å². The standard InChI is InChI=1S/C13H20FN3O3/c1-12(2,3)19-11(18)17-6-4-13(14,5-7-17)9-8-10(15)20-16-9/h8H,4-7,15H2,1-3H3. The maximum Gasteiger partial charge on any atom is 0.410 e. The Morgan fingerprint density at radius 1 is 1.50 bits per heavy atom. The zero-order chi connectivity index (χ0) is 15.0. The summed E-state index contributed by atoms with van der Waals surface area (Å²) in [5.41, 5.74) is 3.45. The minimum absolute atomic E-state index is 0.0894. The van der Waals surface area contributed by atoms with Gasteiger partial charge in [-0.05, 0) is 20.8 Å². The third-order valence-electron chi connectivity index (χ3n) is 3.20. The van der Waals surface area contributed by atoms with Gasteiger partial charge in [-0.2, -0.15) is 0 Å². The lowest BCUT2D eigenvalue weighted by Gasteiger charge is -2.35. The summed E-state index contributed by atoms with van der Waals surface area (Å²) in [6.07, 6.45) is -0.115. The van der Waals surface area contributed by atoms with Crippen LogP contribution in [0.15, 0.2) is 10.6 Å². The Hall–Kier alpha value is -1.79. The molecular weight excluding hydrogens is 265 g/mol. The highest BCUT2D eigenvalue weighted by molar-refractivity contribution is 5.68. The first-order chi connectivity index (χ1) is 9.20. The number of hydrogen-bond acceptors (Lipinski definition) is 5. The van der Waals surface area contributed by atoms with E-state index >= 15 is 0 Å². The number of nitrogen functional groups attached to an aromatic ring is 1. The maximum atomic E-state index is 14.7. The Morgan fingerprint density at radius 2 is 2.10 bits per heavy atom. The predicted molar refractivity (Wildman–Crippen MR) is 70.7 cm³/mol. The van der Waals surface area contributed by atoms with Gasteiger partial charge in [0.05, 0.1) is 0 Å². The van der Waals surface area contributed by atoms with Crippen molar-refractivity contribution in [2.75, 3.05) is 18.8 Å². The van der Waals surface area contributed by atoms with Crippen LogP contribution in [0, 0.1) is 0 Å². The maximum absolute atomic E-state index is 14.7. The third kappa shape index (κ3) is 3.20. The van der Waals surface area contributed by atoms with E-state index in [1.54, 1.807) is 20.8 Å². The molecule has 1 aromatic heterocycles. The Bertz CT molecular complexity index is 487. The molecule has 1 aliphatic rings. The number of carbonyl (C=O) groups excluding carboxylic acids is 1. The molecule has 0 spiro atoms. The number of hydrogen-bond donors (Lipinski definition) is 1. The van der Waals surface area contributed by atoms with Crippen molar-refractivity contribution in [1.29, 1.82) is 0 Å². The number of ether oxygens (including phenoxy) is 1. The van der Waals surface area contributed by atoms with Crippen LogP contribution in [0.4, 0.5) is 15.1 Å². The molecule has 1 saturated heterocycles. The fraction of sp³-hybridized carbons (Fsp3) is 0.692. The van der Waals surface area contributed by atoms with Crippen LogP contribution in [0.1, 0.15) is 39.3 Å². The summed E-state index contributed by atoms with van der Waals surface area (Å²) in [4.78, 5) is 13.4. The molecule has 0 bridgehead atoms. The van der Waals surface area contributed by atoms with Crippen molar-refractivity contribution in [2.24, 2.45) is 0 Å². The molecule has 0 atom stereocenters. The van der Waals surface area contributed by atoms with Gasteiger partial charge in [0, 0.05) is 32.0 Å². The molecule has 112 valence electrons. The molecule has 0 aromatic carbocycles. The van der Waals surface area contributed by atoms with Gasteiger partial charge in [-0.25, -0.2) is 9.18 Å². The zero-order valence-corrected chi connectivity index (χ0v) is 12.0. The lowest BCUT2D eigenvalue weighted by Crippen LogP contribution is -2.45. The van der Waals surface area contributed by atoms with E-state index < -0.39 is 17.4 Å². The summed E-state index contributed by atoms with van der Waals surface area (Å²) in [6.45, 7) is 5.95. The van der Waals surface area contributed by atoms with Crippen LogP contribution in [0.25, 0.3) is 0 Å². The topological polar surface area (TPSA) is 81.6 Å².